The molecule has 0 aromatic rings. The molecule has 4 nitrogen and oxygen atoms in total. The van der Waals surface area contributed by atoms with E-state index in [2.05, 4.69) is 19.9 Å². The summed E-state index contributed by atoms with van der Waals surface area (Å²) < 4.78 is 5.34. The minimum atomic E-state index is -0.459. The second-order valence-electron chi connectivity index (χ2n) is 6.39. The van der Waals surface area contributed by atoms with Gasteiger partial charge in [-0.3, -0.25) is 0 Å². The number of piperidine rings is 1. The van der Waals surface area contributed by atoms with Crippen molar-refractivity contribution in [3.63, 3.8) is 0 Å². The van der Waals surface area contributed by atoms with Gasteiger partial charge in [-0.05, 0) is 39.5 Å². The van der Waals surface area contributed by atoms with E-state index in [0.29, 0.717) is 19.0 Å². The third-order valence-electron chi connectivity index (χ3n) is 3.64. The second kappa shape index (κ2) is 5.17. The van der Waals surface area contributed by atoms with E-state index in [1.807, 2.05) is 20.8 Å². The molecule has 0 unspecified atom stereocenters. The predicted octanol–water partition coefficient (Wildman–Crippen LogP) is 3.18. The lowest BCUT2D eigenvalue weighted by Crippen LogP contribution is -2.46. The number of amides is 1. The molecular formula is C14H24N2O2. The zero-order chi connectivity index (χ0) is 14.0. The summed E-state index contributed by atoms with van der Waals surface area (Å²) in [6, 6.07) is 2.45. The lowest BCUT2D eigenvalue weighted by atomic mass is 9.71. The Morgan fingerprint density at radius 2 is 1.83 bits per heavy atom. The zero-order valence-electron chi connectivity index (χ0n) is 12.1. The zero-order valence-corrected chi connectivity index (χ0v) is 12.1. The van der Waals surface area contributed by atoms with Gasteiger partial charge in [0.05, 0.1) is 11.5 Å². The summed E-state index contributed by atoms with van der Waals surface area (Å²) in [5.41, 5.74) is -0.739. The normalized spacial score (nSPS) is 19.5. The summed E-state index contributed by atoms with van der Waals surface area (Å²) in [4.78, 5) is 13.6. The molecule has 0 spiro atoms. The minimum absolute atomic E-state index is 0.266. The molecule has 0 saturated carbocycles. The molecule has 1 aliphatic heterocycles. The molecule has 1 fully saturated rings. The second-order valence-corrected chi connectivity index (χ2v) is 6.39. The van der Waals surface area contributed by atoms with Gasteiger partial charge in [0.2, 0.25) is 0 Å². The molecule has 4 heteroatoms. The number of rotatable bonds is 1. The first-order valence-corrected chi connectivity index (χ1v) is 6.59. The van der Waals surface area contributed by atoms with E-state index in [1.54, 1.807) is 4.90 Å². The highest BCUT2D eigenvalue weighted by Crippen LogP contribution is 2.38. The van der Waals surface area contributed by atoms with Crippen LogP contribution in [0.3, 0.4) is 0 Å². The Balaban J connectivity index is 2.59. The molecule has 0 aromatic carbocycles. The van der Waals surface area contributed by atoms with Crippen LogP contribution >= 0.6 is 0 Å². The van der Waals surface area contributed by atoms with Crippen LogP contribution in [0.2, 0.25) is 0 Å². The van der Waals surface area contributed by atoms with Crippen LogP contribution < -0.4 is 0 Å². The quantitative estimate of drug-likeness (QED) is 0.720. The van der Waals surface area contributed by atoms with E-state index in [0.717, 1.165) is 12.8 Å². The average Bonchev–Trinajstić information content (AvgIpc) is 2.26. The molecule has 1 rings (SSSR count). The topological polar surface area (TPSA) is 53.3 Å². The largest absolute Gasteiger partial charge is 0.444 e. The van der Waals surface area contributed by atoms with Crippen molar-refractivity contribution in [2.24, 2.45) is 11.3 Å². The first-order valence-electron chi connectivity index (χ1n) is 6.59. The third kappa shape index (κ3) is 3.38. The Bertz CT molecular complexity index is 342. The van der Waals surface area contributed by atoms with E-state index in [9.17, 15) is 10.1 Å². The highest BCUT2D eigenvalue weighted by molar-refractivity contribution is 5.68. The molecular weight excluding hydrogens is 228 g/mol. The Morgan fingerprint density at radius 1 is 1.33 bits per heavy atom. The maximum absolute atomic E-state index is 11.9. The number of nitriles is 1. The highest BCUT2D eigenvalue weighted by atomic mass is 16.6. The van der Waals surface area contributed by atoms with Crippen LogP contribution in [-0.4, -0.2) is 29.7 Å². The van der Waals surface area contributed by atoms with E-state index in [4.69, 9.17) is 4.74 Å². The molecule has 0 atom stereocenters. The van der Waals surface area contributed by atoms with Gasteiger partial charge in [0.25, 0.3) is 0 Å². The van der Waals surface area contributed by atoms with Crippen molar-refractivity contribution in [2.75, 3.05) is 13.1 Å². The van der Waals surface area contributed by atoms with Crippen molar-refractivity contribution < 1.29 is 9.53 Å². The van der Waals surface area contributed by atoms with Crippen LogP contribution in [0.15, 0.2) is 0 Å². The summed E-state index contributed by atoms with van der Waals surface area (Å²) in [5, 5.41) is 9.34. The van der Waals surface area contributed by atoms with Gasteiger partial charge in [-0.1, -0.05) is 13.8 Å². The van der Waals surface area contributed by atoms with Crippen LogP contribution in [0.5, 0.6) is 0 Å². The fourth-order valence-electron chi connectivity index (χ4n) is 2.23. The molecule has 0 aromatic heterocycles. The predicted molar refractivity (Wildman–Crippen MR) is 69.9 cm³/mol. The van der Waals surface area contributed by atoms with Crippen LogP contribution in [0.25, 0.3) is 0 Å². The Labute approximate surface area is 110 Å². The van der Waals surface area contributed by atoms with Gasteiger partial charge < -0.3 is 9.64 Å². The highest BCUT2D eigenvalue weighted by Gasteiger charge is 2.39. The van der Waals surface area contributed by atoms with E-state index < -0.39 is 5.60 Å². The molecule has 102 valence electrons. The van der Waals surface area contributed by atoms with Crippen LogP contribution in [0.4, 0.5) is 4.79 Å². The van der Waals surface area contributed by atoms with Crippen molar-refractivity contribution in [3.8, 4) is 6.07 Å². The summed E-state index contributed by atoms with van der Waals surface area (Å²) in [6.45, 7) is 11.0. The van der Waals surface area contributed by atoms with Crippen LogP contribution in [0.1, 0.15) is 47.5 Å². The molecule has 0 radical (unpaired) electrons. The molecule has 0 N–H and O–H groups in total. The smallest absolute Gasteiger partial charge is 0.410 e. The Kier molecular flexibility index (Phi) is 4.26. The lowest BCUT2D eigenvalue weighted by Gasteiger charge is -2.40. The van der Waals surface area contributed by atoms with Gasteiger partial charge in [0.1, 0.15) is 5.60 Å². The molecule has 0 bridgehead atoms. The summed E-state index contributed by atoms with van der Waals surface area (Å²) in [7, 11) is 0. The van der Waals surface area contributed by atoms with E-state index in [1.165, 1.54) is 0 Å². The number of ether oxygens (including phenoxy) is 1. The molecule has 1 amide bonds. The number of carbonyl (C=O) groups excluding carboxylic acids is 1. The van der Waals surface area contributed by atoms with Gasteiger partial charge in [0, 0.05) is 13.1 Å². The Hall–Kier alpha value is -1.24. The van der Waals surface area contributed by atoms with Gasteiger partial charge in [0.15, 0.2) is 0 Å². The molecule has 0 aliphatic carbocycles. The Morgan fingerprint density at radius 3 is 2.17 bits per heavy atom. The number of nitrogens with zero attached hydrogens (tertiary/aromatic N) is 2. The van der Waals surface area contributed by atoms with Gasteiger partial charge >= 0.3 is 6.09 Å². The molecule has 18 heavy (non-hydrogen) atoms. The van der Waals surface area contributed by atoms with Crippen molar-refractivity contribution in [1.29, 1.82) is 5.26 Å². The lowest BCUT2D eigenvalue weighted by molar-refractivity contribution is 0.0111. The number of hydrogen-bond donors (Lipinski definition) is 0. The van der Waals surface area contributed by atoms with Crippen molar-refractivity contribution in [2.45, 2.75) is 53.1 Å². The van der Waals surface area contributed by atoms with E-state index in [-0.39, 0.29) is 11.5 Å². The van der Waals surface area contributed by atoms with Crippen LogP contribution in [0, 0.1) is 22.7 Å². The van der Waals surface area contributed by atoms with Gasteiger partial charge in [-0.15, -0.1) is 0 Å². The molecule has 1 heterocycles. The standard InChI is InChI=1S/C14H24N2O2/c1-11(2)14(10-15)6-8-16(9-7-14)12(17)18-13(3,4)5/h11H,6-9H2,1-5H3. The average molecular weight is 252 g/mol. The first kappa shape index (κ1) is 14.8. The van der Waals surface area contributed by atoms with Crippen molar-refractivity contribution in [1.82, 2.24) is 4.90 Å². The fraction of sp³-hybridized carbons (Fsp3) is 0.857. The number of carbonyl (C=O) groups is 1. The summed E-state index contributed by atoms with van der Waals surface area (Å²) in [5.74, 6) is 0.322. The summed E-state index contributed by atoms with van der Waals surface area (Å²) in [6.07, 6.45) is 1.21. The van der Waals surface area contributed by atoms with Crippen LogP contribution in [-0.2, 0) is 4.74 Å². The van der Waals surface area contributed by atoms with Crippen molar-refractivity contribution >= 4 is 6.09 Å². The maximum Gasteiger partial charge on any atom is 0.410 e. The third-order valence-corrected chi connectivity index (χ3v) is 3.64. The van der Waals surface area contributed by atoms with Gasteiger partial charge in [-0.25, -0.2) is 4.79 Å². The fourth-order valence-corrected chi connectivity index (χ4v) is 2.23. The molecule has 1 aliphatic rings. The maximum atomic E-state index is 11.9. The van der Waals surface area contributed by atoms with Gasteiger partial charge in [-0.2, -0.15) is 5.26 Å². The SMILES string of the molecule is CC(C)C1(C#N)CCN(C(=O)OC(C)(C)C)CC1. The molecule has 1 saturated heterocycles. The minimum Gasteiger partial charge on any atom is -0.444 e. The number of hydrogen-bond acceptors (Lipinski definition) is 3. The van der Waals surface area contributed by atoms with Crippen molar-refractivity contribution in [3.05, 3.63) is 0 Å². The number of likely N-dealkylation sites (tertiary alicyclic amines) is 1. The monoisotopic (exact) mass is 252 g/mol. The summed E-state index contributed by atoms with van der Waals surface area (Å²) >= 11 is 0. The first-order chi connectivity index (χ1) is 8.20. The van der Waals surface area contributed by atoms with E-state index >= 15 is 0 Å².